The number of amides is 3. The number of hydrogen-bond donors (Lipinski definition) is 1. The molecular formula is C37H46BrN3O5S. The summed E-state index contributed by atoms with van der Waals surface area (Å²) in [6.45, 7) is 13.2. The van der Waals surface area contributed by atoms with Crippen LogP contribution >= 0.6 is 27.7 Å². The van der Waals surface area contributed by atoms with Gasteiger partial charge in [0.25, 0.3) is 0 Å². The molecule has 8 nitrogen and oxygen atoms in total. The van der Waals surface area contributed by atoms with Crippen LogP contribution in [0.25, 0.3) is 0 Å². The van der Waals surface area contributed by atoms with Gasteiger partial charge in [0.15, 0.2) is 0 Å². The molecule has 0 radical (unpaired) electrons. The molecule has 2 aromatic carbocycles. The number of nitrogens with zero attached hydrogens (tertiary/aromatic N) is 3. The largest absolute Gasteiger partial charge is 0.494 e. The molecule has 0 saturated carbocycles. The van der Waals surface area contributed by atoms with Crippen molar-refractivity contribution >= 4 is 51.1 Å². The van der Waals surface area contributed by atoms with Crippen LogP contribution in [0.15, 0.2) is 79.9 Å². The third-order valence-corrected chi connectivity index (χ3v) is 12.9. The third-order valence-electron chi connectivity index (χ3n) is 9.67. The molecule has 3 heterocycles. The maximum atomic E-state index is 14.9. The second-order valence-corrected chi connectivity index (χ2v) is 15.2. The SMILES string of the molecule is C=CCN(CCCCC)C(=O)C1N([C@H](CO)c2ccccc2)C(=O)[C@@H]2[C@H](C(=O)N(CC=C)c3ccc(OCC)cc3)[C@H]3SC12CC3Br. The lowest BCUT2D eigenvalue weighted by molar-refractivity contribution is -0.145. The second kappa shape index (κ2) is 15.4. The van der Waals surface area contributed by atoms with Crippen molar-refractivity contribution in [3.8, 4) is 5.75 Å². The number of hydrogen-bond acceptors (Lipinski definition) is 6. The zero-order valence-electron chi connectivity index (χ0n) is 27.3. The molecule has 252 valence electrons. The highest BCUT2D eigenvalue weighted by Crippen LogP contribution is 2.69. The number of unbranched alkanes of at least 4 members (excludes halogenated alkanes) is 2. The average molecular weight is 725 g/mol. The minimum absolute atomic E-state index is 0.0797. The van der Waals surface area contributed by atoms with E-state index in [1.807, 2.05) is 61.5 Å². The van der Waals surface area contributed by atoms with Crippen LogP contribution < -0.4 is 9.64 Å². The average Bonchev–Trinajstić information content (AvgIpc) is 3.67. The Morgan fingerprint density at radius 1 is 1.09 bits per heavy atom. The Labute approximate surface area is 291 Å². The molecule has 10 heteroatoms. The van der Waals surface area contributed by atoms with Gasteiger partial charge in [-0.25, -0.2) is 0 Å². The number of carbonyl (C=O) groups is 3. The number of thioether (sulfide) groups is 1. The van der Waals surface area contributed by atoms with Crippen LogP contribution in [-0.2, 0) is 14.4 Å². The van der Waals surface area contributed by atoms with Crippen molar-refractivity contribution in [1.29, 1.82) is 0 Å². The van der Waals surface area contributed by atoms with Gasteiger partial charge in [0, 0.05) is 35.4 Å². The molecule has 1 spiro atoms. The first-order chi connectivity index (χ1) is 22.8. The summed E-state index contributed by atoms with van der Waals surface area (Å²) in [6.07, 6.45) is 6.80. The zero-order valence-corrected chi connectivity index (χ0v) is 29.7. The van der Waals surface area contributed by atoms with E-state index in [0.717, 1.165) is 24.8 Å². The van der Waals surface area contributed by atoms with Crippen molar-refractivity contribution in [3.63, 3.8) is 0 Å². The Balaban J connectivity index is 1.59. The Morgan fingerprint density at radius 3 is 2.40 bits per heavy atom. The lowest BCUT2D eigenvalue weighted by Crippen LogP contribution is -2.56. The molecule has 3 aliphatic heterocycles. The first-order valence-corrected chi connectivity index (χ1v) is 18.4. The number of halogens is 1. The number of rotatable bonds is 16. The number of aliphatic hydroxyl groups is 1. The fourth-order valence-electron chi connectivity index (χ4n) is 7.69. The van der Waals surface area contributed by atoms with Crippen molar-refractivity contribution in [2.45, 2.75) is 66.4 Å². The van der Waals surface area contributed by atoms with Crippen LogP contribution in [0.2, 0.25) is 0 Å². The molecule has 2 bridgehead atoms. The van der Waals surface area contributed by atoms with Crippen LogP contribution in [0.5, 0.6) is 5.75 Å². The number of ether oxygens (including phenoxy) is 1. The predicted molar refractivity (Wildman–Crippen MR) is 192 cm³/mol. The monoisotopic (exact) mass is 723 g/mol. The maximum Gasteiger partial charge on any atom is 0.247 e. The summed E-state index contributed by atoms with van der Waals surface area (Å²) in [6, 6.07) is 15.2. The molecule has 0 aromatic heterocycles. The van der Waals surface area contributed by atoms with E-state index in [0.29, 0.717) is 37.6 Å². The van der Waals surface area contributed by atoms with Crippen molar-refractivity contribution in [2.24, 2.45) is 11.8 Å². The number of carbonyl (C=O) groups excluding carboxylic acids is 3. The minimum atomic E-state index is -0.856. The van der Waals surface area contributed by atoms with E-state index in [1.165, 1.54) is 0 Å². The van der Waals surface area contributed by atoms with Gasteiger partial charge in [-0.2, -0.15) is 0 Å². The number of aliphatic hydroxyl groups excluding tert-OH is 1. The van der Waals surface area contributed by atoms with Gasteiger partial charge in [-0.05, 0) is 49.6 Å². The molecule has 3 unspecified atom stereocenters. The number of fused-ring (bicyclic) bond motifs is 1. The third kappa shape index (κ3) is 6.53. The molecule has 1 N–H and O–H groups in total. The molecule has 3 saturated heterocycles. The van der Waals surface area contributed by atoms with Gasteiger partial charge in [0.1, 0.15) is 11.8 Å². The molecule has 3 aliphatic rings. The summed E-state index contributed by atoms with van der Waals surface area (Å²) in [5.74, 6) is -1.28. The fourth-order valence-corrected chi connectivity index (χ4v) is 11.3. The number of benzene rings is 2. The standard InChI is InChI=1S/C37H46BrN3O5S/c1-5-9-13-22-39(20-6-2)36(45)33-37-23-28(38)32(47-37)30(31(37)35(44)41(33)29(24-42)25-14-11-10-12-15-25)34(43)40(21-7-3)26-16-18-27(19-17-26)46-8-4/h6-7,10-12,14-19,28-33,42H,2-3,5,8-9,13,20-24H2,1,4H3/t28?,29-,30+,31+,32+,33?,37?/m1/s1. The highest BCUT2D eigenvalue weighted by Gasteiger charge is 2.76. The van der Waals surface area contributed by atoms with Gasteiger partial charge in [-0.15, -0.1) is 24.9 Å². The zero-order chi connectivity index (χ0) is 33.7. The minimum Gasteiger partial charge on any atom is -0.494 e. The first kappa shape index (κ1) is 35.2. The molecule has 3 amide bonds. The molecule has 2 aromatic rings. The van der Waals surface area contributed by atoms with Gasteiger partial charge in [0.05, 0.1) is 35.8 Å². The van der Waals surface area contributed by atoms with E-state index >= 15 is 0 Å². The molecular weight excluding hydrogens is 678 g/mol. The van der Waals surface area contributed by atoms with E-state index < -0.39 is 28.7 Å². The smallest absolute Gasteiger partial charge is 0.247 e. The Hall–Kier alpha value is -3.08. The van der Waals surface area contributed by atoms with E-state index in [9.17, 15) is 19.5 Å². The molecule has 7 atom stereocenters. The van der Waals surface area contributed by atoms with Gasteiger partial charge >= 0.3 is 0 Å². The Bertz CT molecular complexity index is 1440. The van der Waals surface area contributed by atoms with Crippen LogP contribution in [-0.4, -0.2) is 86.3 Å². The summed E-state index contributed by atoms with van der Waals surface area (Å²) in [4.78, 5) is 49.6. The molecule has 0 aliphatic carbocycles. The van der Waals surface area contributed by atoms with Crippen LogP contribution in [0.4, 0.5) is 5.69 Å². The Morgan fingerprint density at radius 2 is 1.79 bits per heavy atom. The Kier molecular flexibility index (Phi) is 11.6. The maximum absolute atomic E-state index is 14.9. The second-order valence-electron chi connectivity index (χ2n) is 12.5. The molecule has 5 rings (SSSR count). The lowest BCUT2D eigenvalue weighted by Gasteiger charge is -2.40. The number of alkyl halides is 1. The van der Waals surface area contributed by atoms with E-state index in [2.05, 4.69) is 36.0 Å². The number of anilines is 1. The predicted octanol–water partition coefficient (Wildman–Crippen LogP) is 6.01. The first-order valence-electron chi connectivity index (χ1n) is 16.6. The van der Waals surface area contributed by atoms with Crippen molar-refractivity contribution in [2.75, 3.05) is 37.7 Å². The summed E-state index contributed by atoms with van der Waals surface area (Å²) in [7, 11) is 0. The normalized spacial score (nSPS) is 26.5. The van der Waals surface area contributed by atoms with Gasteiger partial charge in [-0.1, -0.05) is 78.2 Å². The van der Waals surface area contributed by atoms with Crippen LogP contribution in [0.3, 0.4) is 0 Å². The number of likely N-dealkylation sites (tertiary alicyclic amines) is 1. The highest BCUT2D eigenvalue weighted by atomic mass is 79.9. The van der Waals surface area contributed by atoms with E-state index in [4.69, 9.17) is 4.74 Å². The lowest BCUT2D eigenvalue weighted by atomic mass is 9.70. The molecule has 47 heavy (non-hydrogen) atoms. The highest BCUT2D eigenvalue weighted by molar-refractivity contribution is 9.09. The summed E-state index contributed by atoms with van der Waals surface area (Å²) < 4.78 is 4.77. The van der Waals surface area contributed by atoms with Gasteiger partial charge in [-0.3, -0.25) is 14.4 Å². The molecule has 3 fully saturated rings. The van der Waals surface area contributed by atoms with Crippen molar-refractivity contribution in [3.05, 3.63) is 85.5 Å². The van der Waals surface area contributed by atoms with Crippen molar-refractivity contribution in [1.82, 2.24) is 9.80 Å². The summed E-state index contributed by atoms with van der Waals surface area (Å²) in [5, 5.41) is 10.6. The van der Waals surface area contributed by atoms with Gasteiger partial charge < -0.3 is 24.5 Å². The van der Waals surface area contributed by atoms with E-state index in [1.54, 1.807) is 38.6 Å². The summed E-state index contributed by atoms with van der Waals surface area (Å²) >= 11 is 5.50. The van der Waals surface area contributed by atoms with Crippen molar-refractivity contribution < 1.29 is 24.2 Å². The van der Waals surface area contributed by atoms with Gasteiger partial charge in [0.2, 0.25) is 17.7 Å². The topological polar surface area (TPSA) is 90.4 Å². The van der Waals surface area contributed by atoms with E-state index in [-0.39, 0.29) is 41.0 Å². The summed E-state index contributed by atoms with van der Waals surface area (Å²) in [5.41, 5.74) is 1.44. The quantitative estimate of drug-likeness (QED) is 0.130. The fraction of sp³-hybridized carbons (Fsp3) is 0.486. The van der Waals surface area contributed by atoms with Crippen LogP contribution in [0, 0.1) is 11.8 Å². The van der Waals surface area contributed by atoms with Crippen LogP contribution in [0.1, 0.15) is 51.1 Å².